The van der Waals surface area contributed by atoms with Crippen molar-refractivity contribution >= 4 is 23.5 Å². The second-order valence-corrected chi connectivity index (χ2v) is 8.71. The lowest BCUT2D eigenvalue weighted by Crippen LogP contribution is -2.47. The molecule has 0 atom stereocenters. The number of carbonyl (C=O) groups excluding carboxylic acids is 3. The summed E-state index contributed by atoms with van der Waals surface area (Å²) in [6, 6.07) is 3.05. The third kappa shape index (κ3) is 5.37. The van der Waals surface area contributed by atoms with Gasteiger partial charge in [-0.2, -0.15) is 0 Å². The Kier molecular flexibility index (Phi) is 7.44. The highest BCUT2D eigenvalue weighted by molar-refractivity contribution is 6.01. The van der Waals surface area contributed by atoms with Gasteiger partial charge in [0.1, 0.15) is 17.2 Å². The maximum absolute atomic E-state index is 14.0. The summed E-state index contributed by atoms with van der Waals surface area (Å²) in [5.41, 5.74) is -0.540. The molecule has 180 valence electrons. The van der Waals surface area contributed by atoms with E-state index in [2.05, 4.69) is 20.6 Å². The second-order valence-electron chi connectivity index (χ2n) is 8.71. The van der Waals surface area contributed by atoms with Gasteiger partial charge in [0.2, 0.25) is 5.91 Å². The number of likely N-dealkylation sites (tertiary alicyclic amines) is 1. The van der Waals surface area contributed by atoms with Crippen LogP contribution in [0.15, 0.2) is 30.6 Å². The minimum absolute atomic E-state index is 0.0265. The fraction of sp³-hybridized carbons (Fsp3) is 0.458. The molecule has 0 spiro atoms. The van der Waals surface area contributed by atoms with Gasteiger partial charge in [0, 0.05) is 37.4 Å². The lowest BCUT2D eigenvalue weighted by molar-refractivity contribution is -0.120. The van der Waals surface area contributed by atoms with Gasteiger partial charge in [-0.25, -0.2) is 18.7 Å². The molecule has 1 aliphatic carbocycles. The van der Waals surface area contributed by atoms with E-state index in [1.165, 1.54) is 23.4 Å². The van der Waals surface area contributed by atoms with Crippen LogP contribution in [-0.2, 0) is 4.79 Å². The van der Waals surface area contributed by atoms with Crippen molar-refractivity contribution in [2.45, 2.75) is 51.0 Å². The van der Waals surface area contributed by atoms with Crippen LogP contribution < -0.4 is 10.6 Å². The van der Waals surface area contributed by atoms with Gasteiger partial charge in [-0.15, -0.1) is 0 Å². The predicted octanol–water partition coefficient (Wildman–Crippen LogP) is 3.31. The lowest BCUT2D eigenvalue weighted by atomic mass is 9.89. The van der Waals surface area contributed by atoms with Crippen LogP contribution in [0, 0.1) is 17.6 Å². The summed E-state index contributed by atoms with van der Waals surface area (Å²) in [5, 5.41) is 5.62. The van der Waals surface area contributed by atoms with Gasteiger partial charge in [-0.1, -0.05) is 25.3 Å². The molecular formula is C24H27F2N5O3. The van der Waals surface area contributed by atoms with Crippen molar-refractivity contribution in [3.8, 4) is 0 Å². The molecule has 0 unspecified atom stereocenters. The fourth-order valence-corrected chi connectivity index (χ4v) is 4.52. The Labute approximate surface area is 196 Å². The third-order valence-electron chi connectivity index (χ3n) is 6.42. The molecule has 2 fully saturated rings. The summed E-state index contributed by atoms with van der Waals surface area (Å²) in [6.07, 6.45) is 8.42. The summed E-state index contributed by atoms with van der Waals surface area (Å²) in [5.74, 6) is -3.09. The molecule has 8 nitrogen and oxygen atoms in total. The lowest BCUT2D eigenvalue weighted by Gasteiger charge is -2.32. The highest BCUT2D eigenvalue weighted by Gasteiger charge is 2.29. The number of hydrogen-bond donors (Lipinski definition) is 2. The van der Waals surface area contributed by atoms with E-state index in [9.17, 15) is 23.2 Å². The molecule has 1 aliphatic heterocycles. The molecule has 0 radical (unpaired) electrons. The molecule has 4 rings (SSSR count). The Bertz CT molecular complexity index is 1050. The highest BCUT2D eigenvalue weighted by atomic mass is 19.1. The average Bonchev–Trinajstić information content (AvgIpc) is 2.85. The first-order chi connectivity index (χ1) is 16.4. The number of nitrogens with zero attached hydrogens (tertiary/aromatic N) is 3. The Morgan fingerprint density at radius 1 is 0.912 bits per heavy atom. The smallest absolute Gasteiger partial charge is 0.273 e. The summed E-state index contributed by atoms with van der Waals surface area (Å²) >= 11 is 0. The molecule has 1 aromatic carbocycles. The van der Waals surface area contributed by atoms with Crippen molar-refractivity contribution in [2.75, 3.05) is 18.4 Å². The molecule has 2 N–H and O–H groups in total. The molecule has 2 heterocycles. The van der Waals surface area contributed by atoms with Crippen LogP contribution >= 0.6 is 0 Å². The zero-order chi connectivity index (χ0) is 24.1. The summed E-state index contributed by atoms with van der Waals surface area (Å²) in [7, 11) is 0. The van der Waals surface area contributed by atoms with Gasteiger partial charge >= 0.3 is 0 Å². The summed E-state index contributed by atoms with van der Waals surface area (Å²) < 4.78 is 27.9. The first kappa shape index (κ1) is 23.7. The van der Waals surface area contributed by atoms with Gasteiger partial charge < -0.3 is 15.5 Å². The summed E-state index contributed by atoms with van der Waals surface area (Å²) in [4.78, 5) is 47.7. The third-order valence-corrected chi connectivity index (χ3v) is 6.42. The van der Waals surface area contributed by atoms with Crippen LogP contribution in [-0.4, -0.2) is 51.7 Å². The Hall–Kier alpha value is -3.43. The number of halogens is 2. The minimum atomic E-state index is -0.897. The van der Waals surface area contributed by atoms with E-state index in [0.29, 0.717) is 12.8 Å². The number of nitrogens with one attached hydrogen (secondary N) is 2. The van der Waals surface area contributed by atoms with Crippen molar-refractivity contribution in [3.63, 3.8) is 0 Å². The molecule has 1 saturated carbocycles. The normalized spacial score (nSPS) is 17.3. The van der Waals surface area contributed by atoms with Crippen LogP contribution in [0.4, 0.5) is 14.6 Å². The zero-order valence-corrected chi connectivity index (χ0v) is 18.7. The van der Waals surface area contributed by atoms with Crippen molar-refractivity contribution in [2.24, 2.45) is 5.92 Å². The highest BCUT2D eigenvalue weighted by Crippen LogP contribution is 2.25. The SMILES string of the molecule is O=C(NC1CCN(C(=O)c2c(F)cccc2F)CC1)c1nccnc1NC(=O)C1CCCCC1. The maximum Gasteiger partial charge on any atom is 0.273 e. The number of amides is 3. The zero-order valence-electron chi connectivity index (χ0n) is 18.7. The quantitative estimate of drug-likeness (QED) is 0.696. The number of rotatable bonds is 5. The molecule has 0 bridgehead atoms. The van der Waals surface area contributed by atoms with Crippen molar-refractivity contribution in [1.29, 1.82) is 0 Å². The average molecular weight is 472 g/mol. The van der Waals surface area contributed by atoms with E-state index in [1.807, 2.05) is 0 Å². The number of piperidine rings is 1. The second kappa shape index (κ2) is 10.7. The fourth-order valence-electron chi connectivity index (χ4n) is 4.52. The number of hydrogen-bond acceptors (Lipinski definition) is 5. The van der Waals surface area contributed by atoms with E-state index >= 15 is 0 Å². The maximum atomic E-state index is 14.0. The summed E-state index contributed by atoms with van der Waals surface area (Å²) in [6.45, 7) is 0.479. The molecule has 3 amide bonds. The number of benzene rings is 1. The first-order valence-corrected chi connectivity index (χ1v) is 11.6. The van der Waals surface area contributed by atoms with Gasteiger partial charge in [0.25, 0.3) is 11.8 Å². The van der Waals surface area contributed by atoms with Gasteiger partial charge in [-0.3, -0.25) is 14.4 Å². The van der Waals surface area contributed by atoms with E-state index in [4.69, 9.17) is 0 Å². The van der Waals surface area contributed by atoms with Crippen LogP contribution in [0.3, 0.4) is 0 Å². The molecule has 2 aromatic rings. The molecule has 2 aliphatic rings. The molecule has 1 aromatic heterocycles. The topological polar surface area (TPSA) is 104 Å². The standard InChI is InChI=1S/C24H27F2N5O3/c25-17-7-4-8-18(26)19(17)24(34)31-13-9-16(10-14-31)29-23(33)20-21(28-12-11-27-20)30-22(32)15-5-2-1-3-6-15/h4,7-8,11-12,15-16H,1-3,5-6,9-10,13-14H2,(H,29,33)(H,28,30,32). The van der Waals surface area contributed by atoms with Gasteiger partial charge in [-0.05, 0) is 37.8 Å². The Balaban J connectivity index is 1.34. The monoisotopic (exact) mass is 471 g/mol. The van der Waals surface area contributed by atoms with E-state index in [1.54, 1.807) is 0 Å². The molecule has 34 heavy (non-hydrogen) atoms. The van der Waals surface area contributed by atoms with Crippen molar-refractivity contribution in [1.82, 2.24) is 20.2 Å². The number of aromatic nitrogens is 2. The van der Waals surface area contributed by atoms with Crippen LogP contribution in [0.5, 0.6) is 0 Å². The van der Waals surface area contributed by atoms with Crippen LogP contribution in [0.25, 0.3) is 0 Å². The van der Waals surface area contributed by atoms with E-state index in [0.717, 1.165) is 44.2 Å². The van der Waals surface area contributed by atoms with E-state index in [-0.39, 0.29) is 42.5 Å². The Morgan fingerprint density at radius 2 is 1.56 bits per heavy atom. The molecular weight excluding hydrogens is 444 g/mol. The number of anilines is 1. The minimum Gasteiger partial charge on any atom is -0.348 e. The largest absolute Gasteiger partial charge is 0.348 e. The predicted molar refractivity (Wildman–Crippen MR) is 120 cm³/mol. The van der Waals surface area contributed by atoms with Crippen molar-refractivity contribution in [3.05, 3.63) is 53.5 Å². The van der Waals surface area contributed by atoms with Crippen LogP contribution in [0.1, 0.15) is 65.8 Å². The van der Waals surface area contributed by atoms with Gasteiger partial charge in [0.05, 0.1) is 0 Å². The van der Waals surface area contributed by atoms with Gasteiger partial charge in [0.15, 0.2) is 11.5 Å². The number of carbonyl (C=O) groups is 3. The van der Waals surface area contributed by atoms with Crippen LogP contribution in [0.2, 0.25) is 0 Å². The van der Waals surface area contributed by atoms with E-state index < -0.39 is 29.0 Å². The van der Waals surface area contributed by atoms with Crippen molar-refractivity contribution < 1.29 is 23.2 Å². The Morgan fingerprint density at radius 3 is 2.24 bits per heavy atom. The molecule has 10 heteroatoms. The first-order valence-electron chi connectivity index (χ1n) is 11.6. The molecule has 1 saturated heterocycles.